The van der Waals surface area contributed by atoms with E-state index in [0.29, 0.717) is 29.9 Å². The van der Waals surface area contributed by atoms with Crippen LogP contribution in [0.25, 0.3) is 22.3 Å². The van der Waals surface area contributed by atoms with Crippen LogP contribution in [0.4, 0.5) is 0 Å². The van der Waals surface area contributed by atoms with E-state index >= 15 is 0 Å². The molecule has 2 N–H and O–H groups in total. The van der Waals surface area contributed by atoms with Crippen molar-refractivity contribution < 1.29 is 9.90 Å². The van der Waals surface area contributed by atoms with Gasteiger partial charge < -0.3 is 15.0 Å². The van der Waals surface area contributed by atoms with Crippen molar-refractivity contribution in [3.8, 4) is 11.4 Å². The van der Waals surface area contributed by atoms with Gasteiger partial charge in [0.05, 0.1) is 23.4 Å². The van der Waals surface area contributed by atoms with E-state index in [4.69, 9.17) is 4.98 Å². The highest BCUT2D eigenvalue weighted by molar-refractivity contribution is 5.88. The fourth-order valence-electron chi connectivity index (χ4n) is 4.06. The van der Waals surface area contributed by atoms with Crippen LogP contribution in [0.3, 0.4) is 0 Å². The van der Waals surface area contributed by atoms with Crippen molar-refractivity contribution >= 4 is 16.8 Å². The van der Waals surface area contributed by atoms with Gasteiger partial charge in [0.15, 0.2) is 5.60 Å². The number of rotatable bonds is 5. The molecule has 1 aromatic carbocycles. The fraction of sp³-hybridized carbons (Fsp3) is 0.348. The van der Waals surface area contributed by atoms with Gasteiger partial charge in [-0.3, -0.25) is 9.59 Å². The Morgan fingerprint density at radius 2 is 2.03 bits per heavy atom. The number of fused-ring (bicyclic) bond motifs is 4. The summed E-state index contributed by atoms with van der Waals surface area (Å²) in [7, 11) is 0. The van der Waals surface area contributed by atoms with Gasteiger partial charge in [0.2, 0.25) is 0 Å². The first-order chi connectivity index (χ1) is 13.9. The highest BCUT2D eigenvalue weighted by Crippen LogP contribution is 2.35. The maximum Gasteiger partial charge on any atom is 0.256 e. The summed E-state index contributed by atoms with van der Waals surface area (Å²) in [6.07, 6.45) is 0.937. The highest BCUT2D eigenvalue weighted by atomic mass is 16.3. The van der Waals surface area contributed by atoms with Crippen LogP contribution >= 0.6 is 0 Å². The number of amides is 1. The lowest BCUT2D eigenvalue weighted by Gasteiger charge is -2.28. The minimum atomic E-state index is -1.76. The minimum absolute atomic E-state index is 0.171. The number of para-hydroxylation sites is 1. The summed E-state index contributed by atoms with van der Waals surface area (Å²) in [5, 5.41) is 15.1. The molecule has 150 valence electrons. The standard InChI is InChI=1S/C23H25N3O3/c1-4-10-24-22(28)23(29,5-2)17-12-19-20-16(13-26(19)21(27)14(17)3)11-15-8-6-7-9-18(15)25-20/h6-9,11-12,29H,4-5,10,13H2,1-3H3,(H,24,28)/t23-/m1/s1. The maximum absolute atomic E-state index is 13.1. The molecule has 1 aliphatic heterocycles. The second-order valence-corrected chi connectivity index (χ2v) is 7.62. The Labute approximate surface area is 169 Å². The van der Waals surface area contributed by atoms with Gasteiger partial charge in [-0.15, -0.1) is 0 Å². The first kappa shape index (κ1) is 19.3. The summed E-state index contributed by atoms with van der Waals surface area (Å²) >= 11 is 0. The van der Waals surface area contributed by atoms with E-state index in [1.807, 2.05) is 31.2 Å². The average Bonchev–Trinajstić information content (AvgIpc) is 3.09. The Bertz CT molecular complexity index is 1180. The molecule has 4 rings (SSSR count). The van der Waals surface area contributed by atoms with Crippen LogP contribution in [0.2, 0.25) is 0 Å². The van der Waals surface area contributed by atoms with Crippen LogP contribution in [0.15, 0.2) is 41.2 Å². The summed E-state index contributed by atoms with van der Waals surface area (Å²) in [6.45, 7) is 6.28. The third kappa shape index (κ3) is 2.95. The van der Waals surface area contributed by atoms with Crippen LogP contribution in [0.1, 0.15) is 43.4 Å². The molecule has 0 spiro atoms. The van der Waals surface area contributed by atoms with Gasteiger partial charge in [-0.25, -0.2) is 4.98 Å². The summed E-state index contributed by atoms with van der Waals surface area (Å²) in [6, 6.07) is 11.6. The fourth-order valence-corrected chi connectivity index (χ4v) is 4.06. The first-order valence-corrected chi connectivity index (χ1v) is 10.0. The summed E-state index contributed by atoms with van der Waals surface area (Å²) in [4.78, 5) is 30.7. The van der Waals surface area contributed by atoms with Crippen molar-refractivity contribution in [1.82, 2.24) is 14.9 Å². The Morgan fingerprint density at radius 3 is 2.76 bits per heavy atom. The van der Waals surface area contributed by atoms with Gasteiger partial charge in [-0.05, 0) is 38.0 Å². The molecule has 0 radical (unpaired) electrons. The smallest absolute Gasteiger partial charge is 0.256 e. The second-order valence-electron chi connectivity index (χ2n) is 7.62. The Morgan fingerprint density at radius 1 is 1.28 bits per heavy atom. The number of hydrogen-bond donors (Lipinski definition) is 2. The zero-order valence-electron chi connectivity index (χ0n) is 17.0. The molecule has 0 bridgehead atoms. The quantitative estimate of drug-likeness (QED) is 0.548. The zero-order valence-corrected chi connectivity index (χ0v) is 17.0. The van der Waals surface area contributed by atoms with Crippen molar-refractivity contribution in [2.45, 2.75) is 45.8 Å². The van der Waals surface area contributed by atoms with Crippen molar-refractivity contribution in [3.63, 3.8) is 0 Å². The number of aliphatic hydroxyl groups is 1. The van der Waals surface area contributed by atoms with Gasteiger partial charge >= 0.3 is 0 Å². The Hall–Kier alpha value is -2.99. The van der Waals surface area contributed by atoms with Crippen molar-refractivity contribution in [3.05, 3.63) is 63.4 Å². The predicted molar refractivity (Wildman–Crippen MR) is 113 cm³/mol. The molecule has 2 aromatic heterocycles. The normalized spacial score (nSPS) is 14.3. The van der Waals surface area contributed by atoms with E-state index in [9.17, 15) is 14.7 Å². The molecule has 0 unspecified atom stereocenters. The molecule has 0 saturated heterocycles. The first-order valence-electron chi connectivity index (χ1n) is 10.0. The van der Waals surface area contributed by atoms with Crippen LogP contribution < -0.4 is 10.9 Å². The van der Waals surface area contributed by atoms with Crippen molar-refractivity contribution in [2.75, 3.05) is 6.54 Å². The van der Waals surface area contributed by atoms with E-state index in [2.05, 4.69) is 11.4 Å². The van der Waals surface area contributed by atoms with Gasteiger partial charge in [-0.1, -0.05) is 32.0 Å². The van der Waals surface area contributed by atoms with Crippen LogP contribution in [-0.2, 0) is 16.9 Å². The van der Waals surface area contributed by atoms with Gasteiger partial charge in [-0.2, -0.15) is 0 Å². The minimum Gasteiger partial charge on any atom is -0.375 e. The number of pyridine rings is 2. The average molecular weight is 391 g/mol. The van der Waals surface area contributed by atoms with Gasteiger partial charge in [0.1, 0.15) is 0 Å². The molecule has 0 aliphatic carbocycles. The second kappa shape index (κ2) is 7.12. The molecular formula is C23H25N3O3. The molecule has 1 atom stereocenters. The molecule has 6 nitrogen and oxygen atoms in total. The monoisotopic (exact) mass is 391 g/mol. The Kier molecular flexibility index (Phi) is 4.74. The van der Waals surface area contributed by atoms with Crippen molar-refractivity contribution in [2.24, 2.45) is 0 Å². The zero-order chi connectivity index (χ0) is 20.8. The largest absolute Gasteiger partial charge is 0.375 e. The number of carbonyl (C=O) groups excluding carboxylic acids is 1. The number of carbonyl (C=O) groups is 1. The SMILES string of the molecule is CCCNC(=O)[C@@](O)(CC)c1cc2n(c(=O)c1C)Cc1cc3ccccc3nc1-2. The highest BCUT2D eigenvalue weighted by Gasteiger charge is 2.39. The van der Waals surface area contributed by atoms with Crippen LogP contribution in [0, 0.1) is 6.92 Å². The van der Waals surface area contributed by atoms with Gasteiger partial charge in [0, 0.05) is 28.6 Å². The molecule has 1 aliphatic rings. The molecule has 0 saturated carbocycles. The van der Waals surface area contributed by atoms with Gasteiger partial charge in [0.25, 0.3) is 11.5 Å². The summed E-state index contributed by atoms with van der Waals surface area (Å²) < 4.78 is 1.68. The molecular weight excluding hydrogens is 366 g/mol. The molecule has 3 heterocycles. The third-order valence-corrected chi connectivity index (χ3v) is 5.78. The number of nitrogens with one attached hydrogen (secondary N) is 1. The summed E-state index contributed by atoms with van der Waals surface area (Å²) in [5.41, 5.74) is 1.98. The number of benzene rings is 1. The van der Waals surface area contributed by atoms with E-state index < -0.39 is 11.5 Å². The van der Waals surface area contributed by atoms with Crippen LogP contribution in [-0.4, -0.2) is 27.1 Å². The van der Waals surface area contributed by atoms with E-state index in [1.54, 1.807) is 24.5 Å². The maximum atomic E-state index is 13.1. The van der Waals surface area contributed by atoms with E-state index in [-0.39, 0.29) is 12.0 Å². The number of aromatic nitrogens is 2. The third-order valence-electron chi connectivity index (χ3n) is 5.78. The lowest BCUT2D eigenvalue weighted by molar-refractivity contribution is -0.141. The van der Waals surface area contributed by atoms with Crippen molar-refractivity contribution in [1.29, 1.82) is 0 Å². The number of nitrogens with zero attached hydrogens (tertiary/aromatic N) is 2. The molecule has 0 fully saturated rings. The summed E-state index contributed by atoms with van der Waals surface area (Å²) in [5.74, 6) is -0.473. The molecule has 6 heteroatoms. The predicted octanol–water partition coefficient (Wildman–Crippen LogP) is 2.86. The number of hydrogen-bond acceptors (Lipinski definition) is 4. The lowest BCUT2D eigenvalue weighted by Crippen LogP contribution is -2.46. The van der Waals surface area contributed by atoms with E-state index in [1.165, 1.54) is 0 Å². The molecule has 29 heavy (non-hydrogen) atoms. The van der Waals surface area contributed by atoms with E-state index in [0.717, 1.165) is 28.6 Å². The van der Waals surface area contributed by atoms with Crippen LogP contribution in [0.5, 0.6) is 0 Å². The Balaban J connectivity index is 1.91. The molecule has 1 amide bonds. The lowest BCUT2D eigenvalue weighted by atomic mass is 9.87. The topological polar surface area (TPSA) is 84.2 Å². The molecule has 3 aromatic rings.